The fourth-order valence-electron chi connectivity index (χ4n) is 2.13. The van der Waals surface area contributed by atoms with Gasteiger partial charge in [0.2, 0.25) is 0 Å². The molecule has 2 aromatic rings. The van der Waals surface area contributed by atoms with Crippen molar-refractivity contribution in [3.63, 3.8) is 0 Å². The third-order valence-electron chi connectivity index (χ3n) is 3.15. The smallest absolute Gasteiger partial charge is 0.0794 e. The summed E-state index contributed by atoms with van der Waals surface area (Å²) in [4.78, 5) is 5.43. The zero-order chi connectivity index (χ0) is 14.2. The van der Waals surface area contributed by atoms with Crippen molar-refractivity contribution in [2.45, 2.75) is 12.3 Å². The van der Waals surface area contributed by atoms with Gasteiger partial charge in [-0.1, -0.05) is 29.8 Å². The second-order valence-corrected chi connectivity index (χ2v) is 5.97. The van der Waals surface area contributed by atoms with Gasteiger partial charge in [0.1, 0.15) is 0 Å². The van der Waals surface area contributed by atoms with Crippen molar-refractivity contribution in [2.24, 2.45) is 0 Å². The van der Waals surface area contributed by atoms with Crippen LogP contribution in [0.1, 0.15) is 16.4 Å². The number of aromatic nitrogens is 1. The molecule has 20 heavy (non-hydrogen) atoms. The average molecular weight is 311 g/mol. The van der Waals surface area contributed by atoms with E-state index >= 15 is 0 Å². The first-order chi connectivity index (χ1) is 9.81. The van der Waals surface area contributed by atoms with Gasteiger partial charge in [-0.15, -0.1) is 11.3 Å². The zero-order valence-corrected chi connectivity index (χ0v) is 13.1. The van der Waals surface area contributed by atoms with Crippen molar-refractivity contribution in [1.82, 2.24) is 10.3 Å². The lowest BCUT2D eigenvalue weighted by molar-refractivity contribution is 0.199. The highest BCUT2D eigenvalue weighted by atomic mass is 35.5. The van der Waals surface area contributed by atoms with Gasteiger partial charge in [0.25, 0.3) is 0 Å². The second kappa shape index (κ2) is 8.37. The maximum absolute atomic E-state index is 6.33. The summed E-state index contributed by atoms with van der Waals surface area (Å²) in [5.74, 6) is 0.348. The van der Waals surface area contributed by atoms with Crippen molar-refractivity contribution in [3.05, 3.63) is 51.4 Å². The standard InChI is InChI=1S/C15H19ClN2OS/c1-19-7-6-17-9-12(8-13-10-18-11-20-13)14-4-2-3-5-15(14)16/h2-5,10-12,17H,6-9H2,1H3. The summed E-state index contributed by atoms with van der Waals surface area (Å²) in [6, 6.07) is 8.06. The molecule has 0 saturated heterocycles. The summed E-state index contributed by atoms with van der Waals surface area (Å²) >= 11 is 8.02. The van der Waals surface area contributed by atoms with Crippen LogP contribution in [0.4, 0.5) is 0 Å². The summed E-state index contributed by atoms with van der Waals surface area (Å²) in [7, 11) is 1.71. The monoisotopic (exact) mass is 310 g/mol. The fourth-order valence-corrected chi connectivity index (χ4v) is 3.10. The summed E-state index contributed by atoms with van der Waals surface area (Å²) in [5, 5.41) is 4.25. The highest BCUT2D eigenvalue weighted by Crippen LogP contribution is 2.28. The van der Waals surface area contributed by atoms with Crippen molar-refractivity contribution in [1.29, 1.82) is 0 Å². The van der Waals surface area contributed by atoms with E-state index in [1.54, 1.807) is 18.4 Å². The van der Waals surface area contributed by atoms with E-state index in [1.165, 1.54) is 10.4 Å². The normalized spacial score (nSPS) is 12.5. The Labute approximate surface area is 129 Å². The first-order valence-corrected chi connectivity index (χ1v) is 7.88. The lowest BCUT2D eigenvalue weighted by Gasteiger charge is -2.18. The number of methoxy groups -OCH3 is 1. The van der Waals surface area contributed by atoms with E-state index in [-0.39, 0.29) is 0 Å². The van der Waals surface area contributed by atoms with Crippen LogP contribution >= 0.6 is 22.9 Å². The molecule has 0 fully saturated rings. The Morgan fingerprint density at radius 2 is 2.25 bits per heavy atom. The molecular weight excluding hydrogens is 292 g/mol. The van der Waals surface area contributed by atoms with E-state index < -0.39 is 0 Å². The summed E-state index contributed by atoms with van der Waals surface area (Å²) < 4.78 is 5.06. The van der Waals surface area contributed by atoms with E-state index in [1.807, 2.05) is 29.9 Å². The minimum Gasteiger partial charge on any atom is -0.383 e. The van der Waals surface area contributed by atoms with Crippen molar-refractivity contribution >= 4 is 22.9 Å². The van der Waals surface area contributed by atoms with Crippen LogP contribution in [0.2, 0.25) is 5.02 Å². The van der Waals surface area contributed by atoms with Crippen molar-refractivity contribution in [3.8, 4) is 0 Å². The molecule has 108 valence electrons. The molecule has 1 N–H and O–H groups in total. The van der Waals surface area contributed by atoms with Crippen LogP contribution in [-0.2, 0) is 11.2 Å². The fraction of sp³-hybridized carbons (Fsp3) is 0.400. The molecule has 0 aliphatic carbocycles. The van der Waals surface area contributed by atoms with Gasteiger partial charge in [-0.2, -0.15) is 0 Å². The topological polar surface area (TPSA) is 34.1 Å². The molecular formula is C15H19ClN2OS. The van der Waals surface area contributed by atoms with E-state index in [2.05, 4.69) is 16.4 Å². The van der Waals surface area contributed by atoms with Crippen LogP contribution < -0.4 is 5.32 Å². The molecule has 1 heterocycles. The number of rotatable bonds is 8. The Hall–Kier alpha value is -0.940. The van der Waals surface area contributed by atoms with Crippen LogP contribution in [0.5, 0.6) is 0 Å². The molecule has 0 saturated carbocycles. The quantitative estimate of drug-likeness (QED) is 0.759. The summed E-state index contributed by atoms with van der Waals surface area (Å²) in [6.45, 7) is 2.45. The van der Waals surface area contributed by atoms with Gasteiger partial charge in [-0.25, -0.2) is 0 Å². The zero-order valence-electron chi connectivity index (χ0n) is 11.5. The molecule has 2 rings (SSSR count). The lowest BCUT2D eigenvalue weighted by Crippen LogP contribution is -2.26. The molecule has 0 radical (unpaired) electrons. The van der Waals surface area contributed by atoms with Crippen LogP contribution in [0, 0.1) is 0 Å². The number of thiazole rings is 1. The number of nitrogens with zero attached hydrogens (tertiary/aromatic N) is 1. The second-order valence-electron chi connectivity index (χ2n) is 4.59. The Bertz CT molecular complexity index is 504. The van der Waals surface area contributed by atoms with Crippen LogP contribution in [-0.4, -0.2) is 31.8 Å². The Morgan fingerprint density at radius 1 is 1.40 bits per heavy atom. The molecule has 0 amide bonds. The summed E-state index contributed by atoms with van der Waals surface area (Å²) in [5.41, 5.74) is 3.06. The molecule has 0 aliphatic rings. The number of hydrogen-bond donors (Lipinski definition) is 1. The van der Waals surface area contributed by atoms with E-state index in [4.69, 9.17) is 16.3 Å². The van der Waals surface area contributed by atoms with Crippen LogP contribution in [0.3, 0.4) is 0 Å². The molecule has 1 atom stereocenters. The maximum Gasteiger partial charge on any atom is 0.0794 e. The third-order valence-corrected chi connectivity index (χ3v) is 4.30. The van der Waals surface area contributed by atoms with Crippen LogP contribution in [0.15, 0.2) is 36.0 Å². The molecule has 0 spiro atoms. The predicted octanol–water partition coefficient (Wildman–Crippen LogP) is 3.36. The SMILES string of the molecule is COCCNCC(Cc1cncs1)c1ccccc1Cl. The van der Waals surface area contributed by atoms with Crippen LogP contribution in [0.25, 0.3) is 0 Å². The van der Waals surface area contributed by atoms with Crippen molar-refractivity contribution in [2.75, 3.05) is 26.8 Å². The van der Waals surface area contributed by atoms with Gasteiger partial charge >= 0.3 is 0 Å². The van der Waals surface area contributed by atoms with E-state index in [9.17, 15) is 0 Å². The van der Waals surface area contributed by atoms with Gasteiger partial charge in [-0.3, -0.25) is 4.98 Å². The Balaban J connectivity index is 2.05. The largest absolute Gasteiger partial charge is 0.383 e. The van der Waals surface area contributed by atoms with E-state index in [0.29, 0.717) is 5.92 Å². The number of benzene rings is 1. The highest BCUT2D eigenvalue weighted by molar-refractivity contribution is 7.09. The lowest BCUT2D eigenvalue weighted by atomic mass is 9.95. The third kappa shape index (κ3) is 4.56. The van der Waals surface area contributed by atoms with Crippen molar-refractivity contribution < 1.29 is 4.74 Å². The molecule has 1 unspecified atom stereocenters. The van der Waals surface area contributed by atoms with Gasteiger partial charge in [-0.05, 0) is 18.1 Å². The number of ether oxygens (including phenoxy) is 1. The Kier molecular flexibility index (Phi) is 6.47. The predicted molar refractivity (Wildman–Crippen MR) is 84.8 cm³/mol. The average Bonchev–Trinajstić information content (AvgIpc) is 2.96. The molecule has 3 nitrogen and oxygen atoms in total. The molecule has 0 bridgehead atoms. The number of halogens is 1. The minimum absolute atomic E-state index is 0.348. The first-order valence-electron chi connectivity index (χ1n) is 6.62. The number of hydrogen-bond acceptors (Lipinski definition) is 4. The molecule has 5 heteroatoms. The molecule has 1 aromatic heterocycles. The number of nitrogens with one attached hydrogen (secondary N) is 1. The maximum atomic E-state index is 6.33. The van der Waals surface area contributed by atoms with Gasteiger partial charge in [0.15, 0.2) is 0 Å². The molecule has 0 aliphatic heterocycles. The first kappa shape index (κ1) is 15.4. The van der Waals surface area contributed by atoms with Gasteiger partial charge in [0, 0.05) is 42.2 Å². The Morgan fingerprint density at radius 3 is 2.95 bits per heavy atom. The minimum atomic E-state index is 0.348. The van der Waals surface area contributed by atoms with Gasteiger partial charge < -0.3 is 10.1 Å². The highest BCUT2D eigenvalue weighted by Gasteiger charge is 2.15. The van der Waals surface area contributed by atoms with Gasteiger partial charge in [0.05, 0.1) is 12.1 Å². The molecule has 1 aromatic carbocycles. The van der Waals surface area contributed by atoms with E-state index in [0.717, 1.165) is 31.1 Å². The summed E-state index contributed by atoms with van der Waals surface area (Å²) in [6.07, 6.45) is 2.89.